The number of sulfonamides is 1. The second-order valence-electron chi connectivity index (χ2n) is 8.91. The topological polar surface area (TPSA) is 201 Å². The summed E-state index contributed by atoms with van der Waals surface area (Å²) in [6, 6.07) is 10.7. The number of amides is 5. The van der Waals surface area contributed by atoms with E-state index in [0.29, 0.717) is 26.1 Å². The number of benzene rings is 2. The van der Waals surface area contributed by atoms with Crippen molar-refractivity contribution in [3.63, 3.8) is 0 Å². The van der Waals surface area contributed by atoms with Gasteiger partial charge in [-0.15, -0.1) is 0 Å². The lowest BCUT2D eigenvalue weighted by atomic mass is 9.83. The van der Waals surface area contributed by atoms with E-state index in [1.54, 1.807) is 24.3 Å². The van der Waals surface area contributed by atoms with Crippen molar-refractivity contribution in [1.29, 1.82) is 0 Å². The number of nitrogens with two attached hydrogens (primary N) is 2. The molecule has 16 heteroatoms. The summed E-state index contributed by atoms with van der Waals surface area (Å²) in [5, 5.41) is 6.96. The van der Waals surface area contributed by atoms with Crippen LogP contribution < -0.4 is 25.8 Å². The van der Waals surface area contributed by atoms with E-state index in [1.165, 1.54) is 35.9 Å². The summed E-state index contributed by atoms with van der Waals surface area (Å²) >= 11 is 1.78. The summed E-state index contributed by atoms with van der Waals surface area (Å²) in [7, 11) is -2.42. The van der Waals surface area contributed by atoms with E-state index in [4.69, 9.17) is 15.6 Å². The molecule has 0 saturated carbocycles. The number of nitrogens with one attached hydrogen (secondary N) is 1. The van der Waals surface area contributed by atoms with Gasteiger partial charge in [0.1, 0.15) is 17.5 Å². The second kappa shape index (κ2) is 10.2. The van der Waals surface area contributed by atoms with Crippen molar-refractivity contribution in [2.24, 2.45) is 16.8 Å². The molecule has 5 amide bonds. The molecule has 3 heterocycles. The smallest absolute Gasteiger partial charge is 0.328 e. The number of imide groups is 3. The number of hydrogen-bond donors (Lipinski definition) is 3. The monoisotopic (exact) mass is 603 g/mol. The minimum Gasteiger partial charge on any atom is -0.497 e. The molecule has 40 heavy (non-hydrogen) atoms. The lowest BCUT2D eigenvalue weighted by Crippen LogP contribution is -2.41. The Balaban J connectivity index is 1.51. The molecule has 2 aromatic carbocycles. The summed E-state index contributed by atoms with van der Waals surface area (Å²) in [6.45, 7) is -0.428. The molecule has 5 N–H and O–H groups in total. The average Bonchev–Trinajstić information content (AvgIpc) is 3.34. The Kier molecular flexibility index (Phi) is 7.03. The maximum Gasteiger partial charge on any atom is 0.328 e. The molecule has 0 spiro atoms. The van der Waals surface area contributed by atoms with Crippen molar-refractivity contribution >= 4 is 62.6 Å². The van der Waals surface area contributed by atoms with Crippen LogP contribution in [-0.4, -0.2) is 54.0 Å². The van der Waals surface area contributed by atoms with Gasteiger partial charge in [0.25, 0.3) is 5.91 Å². The number of carbonyl (C=O) groups excluding carboxylic acids is 4. The van der Waals surface area contributed by atoms with Crippen molar-refractivity contribution < 1.29 is 32.3 Å². The number of primary amides is 1. The molecule has 2 aliphatic rings. The van der Waals surface area contributed by atoms with E-state index in [-0.39, 0.29) is 10.6 Å². The molecule has 5 rings (SSSR count). The number of urea groups is 1. The summed E-state index contributed by atoms with van der Waals surface area (Å²) in [6.07, 6.45) is 0. The molecule has 1 fully saturated rings. The number of aromatic nitrogens is 1. The van der Waals surface area contributed by atoms with Crippen LogP contribution in [0, 0.1) is 5.92 Å². The van der Waals surface area contributed by atoms with E-state index in [0.717, 1.165) is 23.1 Å². The highest BCUT2D eigenvalue weighted by atomic mass is 32.2. The molecule has 3 aromatic rings. The largest absolute Gasteiger partial charge is 0.497 e. The predicted molar refractivity (Wildman–Crippen MR) is 144 cm³/mol. The van der Waals surface area contributed by atoms with Gasteiger partial charge in [0.15, 0.2) is 0 Å². The first kappa shape index (κ1) is 27.6. The van der Waals surface area contributed by atoms with Crippen LogP contribution in [0.5, 0.6) is 5.75 Å². The van der Waals surface area contributed by atoms with Gasteiger partial charge in [0.05, 0.1) is 22.9 Å². The molecular weight excluding hydrogens is 582 g/mol. The van der Waals surface area contributed by atoms with E-state index in [9.17, 15) is 32.4 Å². The van der Waals surface area contributed by atoms with Gasteiger partial charge < -0.3 is 15.8 Å². The third-order valence-electron chi connectivity index (χ3n) is 6.51. The van der Waals surface area contributed by atoms with Crippen LogP contribution in [-0.2, 0) is 31.0 Å². The minimum absolute atomic E-state index is 0.134. The molecule has 208 valence electrons. The predicted octanol–water partition coefficient (Wildman–Crippen LogP) is 0.874. The molecular formula is C24H21N5O8S3. The number of rotatable bonds is 6. The second-order valence-corrected chi connectivity index (χ2v) is 12.6. The normalized spacial score (nSPS) is 20.1. The zero-order valence-electron chi connectivity index (χ0n) is 20.6. The van der Waals surface area contributed by atoms with Gasteiger partial charge in [-0.25, -0.2) is 18.4 Å². The first-order chi connectivity index (χ1) is 18.9. The van der Waals surface area contributed by atoms with Crippen LogP contribution in [0.15, 0.2) is 63.2 Å². The first-order valence-electron chi connectivity index (χ1n) is 11.5. The van der Waals surface area contributed by atoms with Crippen LogP contribution in [0.1, 0.15) is 16.4 Å². The third-order valence-corrected chi connectivity index (χ3v) is 10.0. The Morgan fingerprint density at radius 3 is 2.25 bits per heavy atom. The number of anilines is 1. The average molecular weight is 604 g/mol. The highest BCUT2D eigenvalue weighted by molar-refractivity contribution is 8.00. The van der Waals surface area contributed by atoms with Crippen LogP contribution in [0.4, 0.5) is 10.5 Å². The number of carbonyl (C=O) groups is 4. The van der Waals surface area contributed by atoms with Crippen molar-refractivity contribution in [2.45, 2.75) is 27.6 Å². The van der Waals surface area contributed by atoms with Gasteiger partial charge in [-0.05, 0) is 42.0 Å². The van der Waals surface area contributed by atoms with Gasteiger partial charge in [-0.3, -0.25) is 23.7 Å². The molecule has 2 aliphatic heterocycles. The minimum atomic E-state index is -3.91. The van der Waals surface area contributed by atoms with Crippen molar-refractivity contribution in [3.8, 4) is 5.75 Å². The van der Waals surface area contributed by atoms with Gasteiger partial charge in [0.2, 0.25) is 21.8 Å². The van der Waals surface area contributed by atoms with Crippen LogP contribution in [0.3, 0.4) is 0 Å². The van der Waals surface area contributed by atoms with Crippen molar-refractivity contribution in [3.05, 3.63) is 68.6 Å². The van der Waals surface area contributed by atoms with Gasteiger partial charge in [0, 0.05) is 16.5 Å². The van der Waals surface area contributed by atoms with Crippen molar-refractivity contribution in [1.82, 2.24) is 9.47 Å². The number of primary sulfonamides is 1. The van der Waals surface area contributed by atoms with Gasteiger partial charge >= 0.3 is 10.9 Å². The fourth-order valence-corrected chi connectivity index (χ4v) is 8.00. The van der Waals surface area contributed by atoms with Crippen molar-refractivity contribution in [2.75, 3.05) is 12.4 Å². The third kappa shape index (κ3) is 4.78. The van der Waals surface area contributed by atoms with Gasteiger partial charge in [-0.2, -0.15) is 4.90 Å². The summed E-state index contributed by atoms with van der Waals surface area (Å²) in [5.41, 5.74) is 6.21. The van der Waals surface area contributed by atoms with E-state index in [1.807, 2.05) is 0 Å². The molecule has 1 aromatic heterocycles. The standard InChI is InChI=1S/C24H21N5O8S3/c1-37-13-6-2-11(3-7-13)16-17-18(21(32)29(20(17)31)23(25)33)38-22-19(16)39-24(34)28(22)10-15(30)27-12-4-8-14(9-5-12)40(26,35)36/h2-9,16-18H,10H2,1H3,(H2,25,33)(H,27,30)(H2,26,35,36)/t16-,17+,18-/m0/s1. The Bertz CT molecular complexity index is 1710. The number of likely N-dealkylation sites (tertiary alicyclic amines) is 1. The number of hydrogen-bond acceptors (Lipinski definition) is 10. The molecule has 0 bridgehead atoms. The number of ether oxygens (including phenoxy) is 1. The molecule has 0 unspecified atom stereocenters. The Morgan fingerprint density at radius 2 is 1.68 bits per heavy atom. The molecule has 1 saturated heterocycles. The van der Waals surface area contributed by atoms with Crippen LogP contribution in [0.2, 0.25) is 0 Å². The fraction of sp³-hybridized carbons (Fsp3) is 0.208. The zero-order valence-corrected chi connectivity index (χ0v) is 23.0. The van der Waals surface area contributed by atoms with E-state index in [2.05, 4.69) is 5.32 Å². The number of thioether (sulfide) groups is 1. The Hall–Kier alpha value is -3.99. The summed E-state index contributed by atoms with van der Waals surface area (Å²) in [5.74, 6) is -3.35. The first-order valence-corrected chi connectivity index (χ1v) is 14.8. The summed E-state index contributed by atoms with van der Waals surface area (Å²) in [4.78, 5) is 64.6. The molecule has 13 nitrogen and oxygen atoms in total. The maximum atomic E-state index is 13.2. The van der Waals surface area contributed by atoms with Crippen LogP contribution >= 0.6 is 23.1 Å². The van der Waals surface area contributed by atoms with E-state index < -0.39 is 62.3 Å². The zero-order chi connectivity index (χ0) is 28.9. The number of fused-ring (bicyclic) bond motifs is 2. The molecule has 0 radical (unpaired) electrons. The number of thiazole rings is 1. The van der Waals surface area contributed by atoms with Crippen LogP contribution in [0.25, 0.3) is 0 Å². The number of nitrogens with zero attached hydrogens (tertiary/aromatic N) is 2. The summed E-state index contributed by atoms with van der Waals surface area (Å²) < 4.78 is 29.3. The highest BCUT2D eigenvalue weighted by Gasteiger charge is 2.57. The molecule has 0 aliphatic carbocycles. The molecule has 3 atom stereocenters. The maximum absolute atomic E-state index is 13.2. The SMILES string of the molecule is COc1ccc([C@@H]2c3sc(=O)n(CC(=O)Nc4ccc(S(N)(=O)=O)cc4)c3S[C@@H]3C(=O)N(C(N)=O)C(=O)[C@H]23)cc1. The Morgan fingerprint density at radius 1 is 1.02 bits per heavy atom. The quantitative estimate of drug-likeness (QED) is 0.342. The fourth-order valence-electron chi connectivity index (χ4n) is 4.71. The lowest BCUT2D eigenvalue weighted by molar-refractivity contribution is -0.135. The van der Waals surface area contributed by atoms with E-state index >= 15 is 0 Å². The van der Waals surface area contributed by atoms with Gasteiger partial charge in [-0.1, -0.05) is 35.2 Å². The Labute approximate surface area is 235 Å². The number of methoxy groups -OCH3 is 1. The highest BCUT2D eigenvalue weighted by Crippen LogP contribution is 2.53. The lowest BCUT2D eigenvalue weighted by Gasteiger charge is -2.30.